The Morgan fingerprint density at radius 3 is 2.12 bits per heavy atom. The average molecular weight is 282 g/mol. The van der Waals surface area contributed by atoms with Crippen molar-refractivity contribution in [1.29, 1.82) is 0 Å². The van der Waals surface area contributed by atoms with Crippen LogP contribution in [0.1, 0.15) is 5.56 Å². The van der Waals surface area contributed by atoms with E-state index in [2.05, 4.69) is 12.0 Å². The molecule has 0 aliphatic rings. The fourth-order valence-electron chi connectivity index (χ4n) is 0.864. The van der Waals surface area contributed by atoms with Crippen molar-refractivity contribution in [3.63, 3.8) is 0 Å². The van der Waals surface area contributed by atoms with Crippen LogP contribution in [0.5, 0.6) is 0 Å². The Kier molecular flexibility index (Phi) is 4.60. The predicted octanol–water partition coefficient (Wildman–Crippen LogP) is 0.356. The molecule has 0 spiro atoms. The van der Waals surface area contributed by atoms with Crippen molar-refractivity contribution in [2.24, 2.45) is 0 Å². The smallest absolute Gasteiger partial charge is 0.251 e. The molecule has 0 radical (unpaired) electrons. The second-order valence-corrected chi connectivity index (χ2v) is 5.55. The summed E-state index contributed by atoms with van der Waals surface area (Å²) in [5, 5.41) is 0. The van der Waals surface area contributed by atoms with Gasteiger partial charge in [-0.1, -0.05) is 30.3 Å². The molecule has 0 aliphatic carbocycles. The fraction of sp³-hybridized carbons (Fsp3) is 0.250. The Morgan fingerprint density at radius 2 is 1.59 bits per heavy atom. The minimum Gasteiger partial charge on any atom is -0.251 e. The van der Waals surface area contributed by atoms with Gasteiger partial charge in [0.25, 0.3) is 0 Å². The third-order valence-corrected chi connectivity index (χ3v) is 3.73. The van der Waals surface area contributed by atoms with E-state index in [0.29, 0.717) is 5.56 Å². The summed E-state index contributed by atoms with van der Waals surface area (Å²) < 4.78 is 55.5. The molecule has 9 heteroatoms. The molecule has 0 aromatic heterocycles. The first kappa shape index (κ1) is 14.1. The summed E-state index contributed by atoms with van der Waals surface area (Å²) in [4.78, 5) is 0. The number of hydrogen-bond acceptors (Lipinski definition) is 7. The summed E-state index contributed by atoms with van der Waals surface area (Å²) in [7, 11) is -8.49. The van der Waals surface area contributed by atoms with Gasteiger partial charge in [-0.05, 0) is 5.56 Å². The van der Waals surface area contributed by atoms with Crippen molar-refractivity contribution in [2.75, 3.05) is 7.11 Å². The second-order valence-electron chi connectivity index (χ2n) is 2.80. The Labute approximate surface area is 99.6 Å². The van der Waals surface area contributed by atoms with Crippen LogP contribution in [0.3, 0.4) is 0 Å². The topological polar surface area (TPSA) is 96.0 Å². The maximum atomic E-state index is 11.1. The van der Waals surface area contributed by atoms with Crippen LogP contribution in [0.15, 0.2) is 30.3 Å². The van der Waals surface area contributed by atoms with Crippen LogP contribution < -0.4 is 0 Å². The van der Waals surface area contributed by atoms with Gasteiger partial charge in [-0.15, -0.1) is 3.63 Å². The summed E-state index contributed by atoms with van der Waals surface area (Å²) >= 11 is 0. The molecule has 0 saturated carbocycles. The molecule has 0 heterocycles. The van der Waals surface area contributed by atoms with Crippen molar-refractivity contribution in [3.05, 3.63) is 35.9 Å². The monoisotopic (exact) mass is 282 g/mol. The maximum Gasteiger partial charge on any atom is 0.416 e. The molecule has 1 rings (SSSR count). The molecule has 0 fully saturated rings. The van der Waals surface area contributed by atoms with Crippen LogP contribution >= 0.6 is 0 Å². The lowest BCUT2D eigenvalue weighted by Gasteiger charge is -2.04. The normalized spacial score (nSPS) is 12.5. The lowest BCUT2D eigenvalue weighted by Crippen LogP contribution is -2.17. The van der Waals surface area contributed by atoms with Crippen molar-refractivity contribution in [1.82, 2.24) is 0 Å². The van der Waals surface area contributed by atoms with Gasteiger partial charge in [0.2, 0.25) is 0 Å². The quantitative estimate of drug-likeness (QED) is 0.743. The molecule has 0 N–H and O–H groups in total. The second kappa shape index (κ2) is 5.56. The summed E-state index contributed by atoms with van der Waals surface area (Å²) in [6, 6.07) is 8.32. The summed E-state index contributed by atoms with van der Waals surface area (Å²) in [6.45, 7) is -0.331. The molecule has 0 amide bonds. The van der Waals surface area contributed by atoms with Gasteiger partial charge in [-0.25, -0.2) is 4.18 Å². The highest BCUT2D eigenvalue weighted by molar-refractivity contribution is 7.95. The van der Waals surface area contributed by atoms with Crippen LogP contribution in [0.25, 0.3) is 0 Å². The molecule has 0 aliphatic heterocycles. The van der Waals surface area contributed by atoms with Gasteiger partial charge < -0.3 is 0 Å². The van der Waals surface area contributed by atoms with E-state index in [-0.39, 0.29) is 6.61 Å². The minimum atomic E-state index is -4.66. The van der Waals surface area contributed by atoms with Crippen molar-refractivity contribution < 1.29 is 28.8 Å². The third-order valence-electron chi connectivity index (χ3n) is 1.58. The minimum absolute atomic E-state index is 0.331. The van der Waals surface area contributed by atoms with E-state index in [1.54, 1.807) is 30.3 Å². The largest absolute Gasteiger partial charge is 0.416 e. The first-order chi connectivity index (χ1) is 7.85. The highest BCUT2D eigenvalue weighted by Crippen LogP contribution is 2.08. The molecule has 0 unspecified atom stereocenters. The van der Waals surface area contributed by atoms with E-state index in [1.165, 1.54) is 0 Å². The van der Waals surface area contributed by atoms with Gasteiger partial charge in [-0.3, -0.25) is 4.18 Å². The number of benzene rings is 1. The van der Waals surface area contributed by atoms with E-state index in [1.807, 2.05) is 0 Å². The van der Waals surface area contributed by atoms with Gasteiger partial charge in [-0.2, -0.15) is 16.8 Å². The Hall–Kier alpha value is -1.00. The van der Waals surface area contributed by atoms with Crippen molar-refractivity contribution in [3.8, 4) is 0 Å². The van der Waals surface area contributed by atoms with E-state index in [4.69, 9.17) is 0 Å². The molecule has 0 bridgehead atoms. The van der Waals surface area contributed by atoms with Gasteiger partial charge in [0.15, 0.2) is 0 Å². The van der Waals surface area contributed by atoms with Crippen LogP contribution in [0.2, 0.25) is 0 Å². The van der Waals surface area contributed by atoms with Gasteiger partial charge >= 0.3 is 20.8 Å². The van der Waals surface area contributed by atoms with Gasteiger partial charge in [0.1, 0.15) is 0 Å². The van der Waals surface area contributed by atoms with Crippen molar-refractivity contribution >= 4 is 20.8 Å². The van der Waals surface area contributed by atoms with E-state index in [0.717, 1.165) is 7.11 Å². The number of hydrogen-bond donors (Lipinski definition) is 0. The molecule has 17 heavy (non-hydrogen) atoms. The predicted molar refractivity (Wildman–Crippen MR) is 57.2 cm³/mol. The third kappa shape index (κ3) is 5.24. The van der Waals surface area contributed by atoms with E-state index < -0.39 is 20.8 Å². The van der Waals surface area contributed by atoms with Gasteiger partial charge in [0, 0.05) is 0 Å². The molecule has 1 aromatic carbocycles. The van der Waals surface area contributed by atoms with E-state index in [9.17, 15) is 16.8 Å². The summed E-state index contributed by atoms with van der Waals surface area (Å²) in [6.07, 6.45) is 0. The Balaban J connectivity index is 2.63. The molecule has 1 aromatic rings. The highest BCUT2D eigenvalue weighted by atomic mass is 32.3. The van der Waals surface area contributed by atoms with Crippen LogP contribution in [-0.2, 0) is 39.4 Å². The molecular weight excluding hydrogens is 272 g/mol. The zero-order valence-electron chi connectivity index (χ0n) is 8.77. The summed E-state index contributed by atoms with van der Waals surface area (Å²) in [5.41, 5.74) is 0.550. The summed E-state index contributed by atoms with van der Waals surface area (Å²) in [5.74, 6) is 0. The van der Waals surface area contributed by atoms with Crippen LogP contribution in [0, 0.1) is 0 Å². The lowest BCUT2D eigenvalue weighted by molar-refractivity contribution is 0.249. The zero-order chi connectivity index (χ0) is 12.9. The first-order valence-electron chi connectivity index (χ1n) is 4.29. The standard InChI is InChI=1S/C8H10O7S2/c1-13-16(9,10)15-17(11,12)14-7-8-5-3-2-4-6-8/h2-6H,7H2,1H3. The van der Waals surface area contributed by atoms with Crippen LogP contribution in [0.4, 0.5) is 0 Å². The van der Waals surface area contributed by atoms with Gasteiger partial charge in [0.05, 0.1) is 13.7 Å². The molecule has 0 saturated heterocycles. The molecular formula is C8H10O7S2. The first-order valence-corrected chi connectivity index (χ1v) is 6.96. The average Bonchev–Trinajstić information content (AvgIpc) is 2.27. The maximum absolute atomic E-state index is 11.1. The molecule has 7 nitrogen and oxygen atoms in total. The zero-order valence-corrected chi connectivity index (χ0v) is 10.4. The number of rotatable bonds is 6. The van der Waals surface area contributed by atoms with Crippen molar-refractivity contribution in [2.45, 2.75) is 6.61 Å². The fourth-order valence-corrected chi connectivity index (χ4v) is 2.34. The molecule has 0 atom stereocenters. The van der Waals surface area contributed by atoms with Crippen LogP contribution in [-0.4, -0.2) is 23.9 Å². The Morgan fingerprint density at radius 1 is 1.00 bits per heavy atom. The SMILES string of the molecule is COS(=O)(=O)OS(=O)(=O)OCc1ccccc1. The lowest BCUT2D eigenvalue weighted by atomic mass is 10.2. The Bertz CT molecular complexity index is 547. The van der Waals surface area contributed by atoms with E-state index >= 15 is 0 Å². The highest BCUT2D eigenvalue weighted by Gasteiger charge is 2.23. The molecule has 96 valence electrons.